The number of hydrogen-bond acceptors (Lipinski definition) is 4. The van der Waals surface area contributed by atoms with Crippen molar-refractivity contribution in [3.8, 4) is 23.3 Å². The summed E-state index contributed by atoms with van der Waals surface area (Å²) in [6, 6.07) is 5.56. The zero-order valence-corrected chi connectivity index (χ0v) is 12.7. The minimum Gasteiger partial charge on any atom is -0.497 e. The van der Waals surface area contributed by atoms with E-state index in [2.05, 4.69) is 11.8 Å². The van der Waals surface area contributed by atoms with Crippen LogP contribution in [0.25, 0.3) is 0 Å². The van der Waals surface area contributed by atoms with E-state index >= 15 is 0 Å². The summed E-state index contributed by atoms with van der Waals surface area (Å²) in [5, 5.41) is 0. The van der Waals surface area contributed by atoms with Gasteiger partial charge in [0.1, 0.15) is 11.5 Å². The maximum absolute atomic E-state index is 5.79. The molecule has 0 aliphatic rings. The minimum absolute atomic E-state index is 0.199. The van der Waals surface area contributed by atoms with E-state index in [0.717, 1.165) is 23.5 Å². The highest BCUT2D eigenvalue weighted by Crippen LogP contribution is 2.24. The zero-order chi connectivity index (χ0) is 15.0. The van der Waals surface area contributed by atoms with Crippen molar-refractivity contribution in [3.05, 3.63) is 23.8 Å². The summed E-state index contributed by atoms with van der Waals surface area (Å²) < 4.78 is 16.3. The first-order valence-electron chi connectivity index (χ1n) is 6.57. The van der Waals surface area contributed by atoms with Gasteiger partial charge in [-0.3, -0.25) is 0 Å². The topological polar surface area (TPSA) is 53.7 Å². The first kappa shape index (κ1) is 16.4. The van der Waals surface area contributed by atoms with Gasteiger partial charge in [0.05, 0.1) is 31.4 Å². The molecule has 0 fully saturated rings. The van der Waals surface area contributed by atoms with Crippen LogP contribution in [0.3, 0.4) is 0 Å². The first-order valence-corrected chi connectivity index (χ1v) is 6.57. The van der Waals surface area contributed by atoms with Gasteiger partial charge in [0.25, 0.3) is 0 Å². The number of ether oxygens (including phenoxy) is 3. The van der Waals surface area contributed by atoms with Gasteiger partial charge in [-0.2, -0.15) is 0 Å². The average Bonchev–Trinajstić information content (AvgIpc) is 2.45. The molecule has 0 amide bonds. The van der Waals surface area contributed by atoms with Crippen molar-refractivity contribution in [2.45, 2.75) is 25.9 Å². The van der Waals surface area contributed by atoms with Gasteiger partial charge in [0, 0.05) is 13.5 Å². The van der Waals surface area contributed by atoms with Crippen molar-refractivity contribution >= 4 is 0 Å². The molecule has 4 heteroatoms. The van der Waals surface area contributed by atoms with E-state index in [4.69, 9.17) is 19.9 Å². The summed E-state index contributed by atoms with van der Waals surface area (Å²) in [6.07, 6.45) is 0.791. The van der Waals surface area contributed by atoms with E-state index in [1.807, 2.05) is 32.0 Å². The summed E-state index contributed by atoms with van der Waals surface area (Å²) in [6.45, 7) is 4.93. The molecule has 110 valence electrons. The molecular formula is C16H23NO3. The van der Waals surface area contributed by atoms with Crippen molar-refractivity contribution in [1.29, 1.82) is 0 Å². The number of rotatable bonds is 6. The Morgan fingerprint density at radius 2 is 2.00 bits per heavy atom. The average molecular weight is 277 g/mol. The Morgan fingerprint density at radius 1 is 1.25 bits per heavy atom. The standard InChI is InChI=1S/C16H23NO3/c1-16(2,19-4)9-11-20-15-8-7-14(18-3)12-13(15)6-5-10-17/h7-8,12H,9-11,17H2,1-4H3. The Hall–Kier alpha value is -1.70. The lowest BCUT2D eigenvalue weighted by Gasteiger charge is -2.22. The normalized spacial score (nSPS) is 10.7. The van der Waals surface area contributed by atoms with E-state index < -0.39 is 0 Å². The zero-order valence-electron chi connectivity index (χ0n) is 12.7. The second-order valence-electron chi connectivity index (χ2n) is 4.93. The van der Waals surface area contributed by atoms with Crippen LogP contribution in [0.2, 0.25) is 0 Å². The fourth-order valence-corrected chi connectivity index (χ4v) is 1.51. The summed E-state index contributed by atoms with van der Waals surface area (Å²) in [7, 11) is 3.32. The summed E-state index contributed by atoms with van der Waals surface area (Å²) >= 11 is 0. The molecule has 1 aromatic rings. The fourth-order valence-electron chi connectivity index (χ4n) is 1.51. The molecule has 0 aromatic heterocycles. The quantitative estimate of drug-likeness (QED) is 0.810. The van der Waals surface area contributed by atoms with Gasteiger partial charge in [-0.15, -0.1) is 0 Å². The molecule has 1 rings (SSSR count). The largest absolute Gasteiger partial charge is 0.497 e. The Balaban J connectivity index is 2.78. The van der Waals surface area contributed by atoms with E-state index in [1.165, 1.54) is 0 Å². The molecule has 0 aliphatic carbocycles. The first-order chi connectivity index (χ1) is 9.52. The molecule has 0 atom stereocenters. The number of hydrogen-bond donors (Lipinski definition) is 1. The maximum Gasteiger partial charge on any atom is 0.135 e. The molecule has 0 spiro atoms. The third-order valence-corrected chi connectivity index (χ3v) is 3.03. The van der Waals surface area contributed by atoms with Gasteiger partial charge < -0.3 is 19.9 Å². The lowest BCUT2D eigenvalue weighted by molar-refractivity contribution is 0.00543. The highest BCUT2D eigenvalue weighted by molar-refractivity contribution is 5.50. The van der Waals surface area contributed by atoms with E-state index in [9.17, 15) is 0 Å². The molecule has 0 unspecified atom stereocenters. The second-order valence-corrected chi connectivity index (χ2v) is 4.93. The smallest absolute Gasteiger partial charge is 0.135 e. The molecule has 4 nitrogen and oxygen atoms in total. The van der Waals surface area contributed by atoms with Crippen LogP contribution in [0.4, 0.5) is 0 Å². The Labute approximate surface area is 121 Å². The molecule has 0 saturated heterocycles. The fraction of sp³-hybridized carbons (Fsp3) is 0.500. The predicted octanol–water partition coefficient (Wildman–Crippen LogP) is 2.20. The van der Waals surface area contributed by atoms with Crippen LogP contribution in [0, 0.1) is 11.8 Å². The second kappa shape index (κ2) is 7.78. The lowest BCUT2D eigenvalue weighted by Crippen LogP contribution is -2.25. The van der Waals surface area contributed by atoms with Crippen molar-refractivity contribution in [2.75, 3.05) is 27.4 Å². The molecule has 0 aliphatic heterocycles. The molecule has 0 radical (unpaired) electrons. The van der Waals surface area contributed by atoms with E-state index in [-0.39, 0.29) is 5.60 Å². The van der Waals surface area contributed by atoms with Crippen LogP contribution in [0.1, 0.15) is 25.8 Å². The molecule has 1 aromatic carbocycles. The van der Waals surface area contributed by atoms with Gasteiger partial charge in [0.2, 0.25) is 0 Å². The number of methoxy groups -OCH3 is 2. The third kappa shape index (κ3) is 5.12. The molecule has 20 heavy (non-hydrogen) atoms. The third-order valence-electron chi connectivity index (χ3n) is 3.03. The maximum atomic E-state index is 5.79. The van der Waals surface area contributed by atoms with E-state index in [1.54, 1.807) is 14.2 Å². The summed E-state index contributed by atoms with van der Waals surface area (Å²) in [5.41, 5.74) is 5.99. The van der Waals surface area contributed by atoms with Gasteiger partial charge in [-0.05, 0) is 32.0 Å². The van der Waals surface area contributed by atoms with Crippen molar-refractivity contribution in [3.63, 3.8) is 0 Å². The summed E-state index contributed by atoms with van der Waals surface area (Å²) in [4.78, 5) is 0. The van der Waals surface area contributed by atoms with Crippen LogP contribution in [0.15, 0.2) is 18.2 Å². The highest BCUT2D eigenvalue weighted by Gasteiger charge is 2.16. The van der Waals surface area contributed by atoms with Crippen LogP contribution in [0.5, 0.6) is 11.5 Å². The molecule has 2 N–H and O–H groups in total. The van der Waals surface area contributed by atoms with Crippen molar-refractivity contribution < 1.29 is 14.2 Å². The van der Waals surface area contributed by atoms with E-state index in [0.29, 0.717) is 13.2 Å². The van der Waals surface area contributed by atoms with Crippen LogP contribution in [-0.4, -0.2) is 33.0 Å². The van der Waals surface area contributed by atoms with Crippen LogP contribution in [-0.2, 0) is 4.74 Å². The Bertz CT molecular complexity index is 486. The van der Waals surface area contributed by atoms with Gasteiger partial charge in [0.15, 0.2) is 0 Å². The number of nitrogens with two attached hydrogens (primary N) is 1. The number of benzene rings is 1. The molecule has 0 heterocycles. The van der Waals surface area contributed by atoms with Crippen LogP contribution >= 0.6 is 0 Å². The molecule has 0 bridgehead atoms. The predicted molar refractivity (Wildman–Crippen MR) is 80.1 cm³/mol. The highest BCUT2D eigenvalue weighted by atomic mass is 16.5. The summed E-state index contributed by atoms with van der Waals surface area (Å²) in [5.74, 6) is 7.31. The Kier molecular flexibility index (Phi) is 6.37. The monoisotopic (exact) mass is 277 g/mol. The van der Waals surface area contributed by atoms with Gasteiger partial charge >= 0.3 is 0 Å². The lowest BCUT2D eigenvalue weighted by atomic mass is 10.1. The molecular weight excluding hydrogens is 254 g/mol. The van der Waals surface area contributed by atoms with Gasteiger partial charge in [-0.25, -0.2) is 0 Å². The van der Waals surface area contributed by atoms with Gasteiger partial charge in [-0.1, -0.05) is 11.8 Å². The SMILES string of the molecule is COc1ccc(OCCC(C)(C)OC)c(C#CCN)c1. The van der Waals surface area contributed by atoms with Crippen LogP contribution < -0.4 is 15.2 Å². The van der Waals surface area contributed by atoms with Crippen molar-refractivity contribution in [2.24, 2.45) is 5.73 Å². The molecule has 0 saturated carbocycles. The minimum atomic E-state index is -0.199. The Morgan fingerprint density at radius 3 is 2.60 bits per heavy atom. The van der Waals surface area contributed by atoms with Crippen molar-refractivity contribution in [1.82, 2.24) is 0 Å².